The molecular formula is C18H29N. The quantitative estimate of drug-likeness (QED) is 0.810. The van der Waals surface area contributed by atoms with E-state index in [4.69, 9.17) is 0 Å². The van der Waals surface area contributed by atoms with Crippen LogP contribution in [0.3, 0.4) is 0 Å². The lowest BCUT2D eigenvalue weighted by molar-refractivity contribution is 0.169. The number of nitrogens with one attached hydrogen (secondary N) is 1. The van der Waals surface area contributed by atoms with Crippen LogP contribution in [0.5, 0.6) is 0 Å². The van der Waals surface area contributed by atoms with Gasteiger partial charge in [0.05, 0.1) is 0 Å². The summed E-state index contributed by atoms with van der Waals surface area (Å²) < 4.78 is 0. The van der Waals surface area contributed by atoms with Gasteiger partial charge in [0.25, 0.3) is 0 Å². The monoisotopic (exact) mass is 259 g/mol. The SMILES string of the molecule is Cc1cc(C)cc(CC2CCC2CNCC(C)C)c1. The van der Waals surface area contributed by atoms with Gasteiger partial charge in [-0.25, -0.2) is 0 Å². The highest BCUT2D eigenvalue weighted by Crippen LogP contribution is 2.36. The van der Waals surface area contributed by atoms with E-state index in [2.05, 4.69) is 51.2 Å². The van der Waals surface area contributed by atoms with E-state index in [1.807, 2.05) is 0 Å². The van der Waals surface area contributed by atoms with Crippen molar-refractivity contribution >= 4 is 0 Å². The first kappa shape index (κ1) is 14.6. The second-order valence-corrected chi connectivity index (χ2v) is 6.85. The lowest BCUT2D eigenvalue weighted by atomic mass is 9.70. The molecule has 0 spiro atoms. The van der Waals surface area contributed by atoms with E-state index < -0.39 is 0 Å². The summed E-state index contributed by atoms with van der Waals surface area (Å²) in [7, 11) is 0. The Morgan fingerprint density at radius 2 is 1.68 bits per heavy atom. The summed E-state index contributed by atoms with van der Waals surface area (Å²) in [4.78, 5) is 0. The summed E-state index contributed by atoms with van der Waals surface area (Å²) in [6, 6.07) is 7.00. The minimum Gasteiger partial charge on any atom is -0.316 e. The Balaban J connectivity index is 1.82. The van der Waals surface area contributed by atoms with Crippen molar-refractivity contribution in [1.29, 1.82) is 0 Å². The van der Waals surface area contributed by atoms with Gasteiger partial charge in [-0.05, 0) is 69.5 Å². The van der Waals surface area contributed by atoms with E-state index in [1.54, 1.807) is 0 Å². The van der Waals surface area contributed by atoms with Gasteiger partial charge in [-0.15, -0.1) is 0 Å². The second kappa shape index (κ2) is 6.56. The summed E-state index contributed by atoms with van der Waals surface area (Å²) in [5.41, 5.74) is 4.35. The van der Waals surface area contributed by atoms with Crippen LogP contribution in [0, 0.1) is 31.6 Å². The highest BCUT2D eigenvalue weighted by Gasteiger charge is 2.30. The van der Waals surface area contributed by atoms with E-state index in [-0.39, 0.29) is 0 Å². The summed E-state index contributed by atoms with van der Waals surface area (Å²) in [5, 5.41) is 3.63. The van der Waals surface area contributed by atoms with Crippen molar-refractivity contribution in [1.82, 2.24) is 5.32 Å². The predicted molar refractivity (Wildman–Crippen MR) is 83.5 cm³/mol. The fraction of sp³-hybridized carbons (Fsp3) is 0.667. The molecule has 0 aliphatic heterocycles. The Labute approximate surface area is 118 Å². The molecule has 0 radical (unpaired) electrons. The number of hydrogen-bond acceptors (Lipinski definition) is 1. The molecule has 1 aliphatic rings. The zero-order valence-corrected chi connectivity index (χ0v) is 13.0. The molecule has 106 valence electrons. The fourth-order valence-corrected chi connectivity index (χ4v) is 3.22. The molecule has 0 heterocycles. The largest absolute Gasteiger partial charge is 0.316 e. The van der Waals surface area contributed by atoms with Crippen molar-refractivity contribution in [2.24, 2.45) is 17.8 Å². The predicted octanol–water partition coefficient (Wildman–Crippen LogP) is 4.12. The van der Waals surface area contributed by atoms with Gasteiger partial charge in [0.15, 0.2) is 0 Å². The third-order valence-electron chi connectivity index (χ3n) is 4.31. The van der Waals surface area contributed by atoms with Crippen LogP contribution in [0.2, 0.25) is 0 Å². The maximum Gasteiger partial charge on any atom is -0.00176 e. The van der Waals surface area contributed by atoms with Gasteiger partial charge >= 0.3 is 0 Å². The Hall–Kier alpha value is -0.820. The topological polar surface area (TPSA) is 12.0 Å². The highest BCUT2D eigenvalue weighted by molar-refractivity contribution is 5.29. The van der Waals surface area contributed by atoms with Crippen molar-refractivity contribution in [3.63, 3.8) is 0 Å². The lowest BCUT2D eigenvalue weighted by Gasteiger charge is -2.37. The van der Waals surface area contributed by atoms with Crippen LogP contribution in [0.25, 0.3) is 0 Å². The number of hydrogen-bond donors (Lipinski definition) is 1. The standard InChI is InChI=1S/C18H29N/c1-13(2)11-19-12-18-6-5-17(18)10-16-8-14(3)7-15(4)9-16/h7-9,13,17-19H,5-6,10-12H2,1-4H3. The maximum absolute atomic E-state index is 3.63. The van der Waals surface area contributed by atoms with Crippen molar-refractivity contribution in [3.05, 3.63) is 34.9 Å². The third-order valence-corrected chi connectivity index (χ3v) is 4.31. The molecule has 0 bridgehead atoms. The molecule has 1 saturated carbocycles. The van der Waals surface area contributed by atoms with Gasteiger partial charge in [0.1, 0.15) is 0 Å². The summed E-state index contributed by atoms with van der Waals surface area (Å²) in [6.07, 6.45) is 4.11. The Bertz CT molecular complexity index is 388. The molecule has 19 heavy (non-hydrogen) atoms. The average Bonchev–Trinajstić information content (AvgIpc) is 2.29. The minimum absolute atomic E-state index is 0.762. The van der Waals surface area contributed by atoms with Crippen LogP contribution in [0.15, 0.2) is 18.2 Å². The van der Waals surface area contributed by atoms with E-state index in [0.717, 1.165) is 24.3 Å². The second-order valence-electron chi connectivity index (χ2n) is 6.85. The van der Waals surface area contributed by atoms with Gasteiger partial charge in [-0.2, -0.15) is 0 Å². The molecule has 2 rings (SSSR count). The lowest BCUT2D eigenvalue weighted by Crippen LogP contribution is -2.37. The molecular weight excluding hydrogens is 230 g/mol. The van der Waals surface area contributed by atoms with Crippen LogP contribution >= 0.6 is 0 Å². The van der Waals surface area contributed by atoms with Gasteiger partial charge in [0, 0.05) is 0 Å². The van der Waals surface area contributed by atoms with Crippen molar-refractivity contribution in [2.75, 3.05) is 13.1 Å². The summed E-state index contributed by atoms with van der Waals surface area (Å²) in [5.74, 6) is 2.57. The molecule has 1 aromatic rings. The first-order valence-electron chi connectivity index (χ1n) is 7.82. The molecule has 0 aromatic heterocycles. The van der Waals surface area contributed by atoms with Crippen molar-refractivity contribution in [2.45, 2.75) is 47.0 Å². The fourth-order valence-electron chi connectivity index (χ4n) is 3.22. The molecule has 1 heteroatoms. The Kier molecular flexibility index (Phi) is 5.04. The zero-order valence-electron chi connectivity index (χ0n) is 13.0. The Morgan fingerprint density at radius 3 is 2.21 bits per heavy atom. The van der Waals surface area contributed by atoms with Gasteiger partial charge in [0.2, 0.25) is 0 Å². The van der Waals surface area contributed by atoms with Crippen LogP contribution in [-0.2, 0) is 6.42 Å². The normalized spacial score (nSPS) is 22.6. The molecule has 1 fully saturated rings. The smallest absolute Gasteiger partial charge is 0.00176 e. The molecule has 1 N–H and O–H groups in total. The van der Waals surface area contributed by atoms with Crippen LogP contribution in [0.4, 0.5) is 0 Å². The van der Waals surface area contributed by atoms with Gasteiger partial charge in [-0.3, -0.25) is 0 Å². The molecule has 1 aliphatic carbocycles. The molecule has 1 nitrogen and oxygen atoms in total. The third kappa shape index (κ3) is 4.35. The van der Waals surface area contributed by atoms with Crippen molar-refractivity contribution < 1.29 is 0 Å². The van der Waals surface area contributed by atoms with Crippen LogP contribution in [-0.4, -0.2) is 13.1 Å². The molecule has 2 atom stereocenters. The molecule has 0 amide bonds. The number of aryl methyl sites for hydroxylation is 2. The van der Waals surface area contributed by atoms with Gasteiger partial charge < -0.3 is 5.32 Å². The van der Waals surface area contributed by atoms with Crippen LogP contribution < -0.4 is 5.32 Å². The van der Waals surface area contributed by atoms with Crippen molar-refractivity contribution in [3.8, 4) is 0 Å². The van der Waals surface area contributed by atoms with Crippen LogP contribution in [0.1, 0.15) is 43.4 Å². The minimum atomic E-state index is 0.762. The van der Waals surface area contributed by atoms with E-state index >= 15 is 0 Å². The Morgan fingerprint density at radius 1 is 1.05 bits per heavy atom. The summed E-state index contributed by atoms with van der Waals surface area (Å²) >= 11 is 0. The average molecular weight is 259 g/mol. The van der Waals surface area contributed by atoms with E-state index in [9.17, 15) is 0 Å². The highest BCUT2D eigenvalue weighted by atomic mass is 14.9. The number of benzene rings is 1. The maximum atomic E-state index is 3.63. The molecule has 2 unspecified atom stereocenters. The first-order chi connectivity index (χ1) is 9.04. The van der Waals surface area contributed by atoms with E-state index in [1.165, 1.54) is 42.5 Å². The zero-order chi connectivity index (χ0) is 13.8. The summed E-state index contributed by atoms with van der Waals surface area (Å²) in [6.45, 7) is 11.3. The number of rotatable bonds is 6. The van der Waals surface area contributed by atoms with Gasteiger partial charge in [-0.1, -0.05) is 43.2 Å². The molecule has 0 saturated heterocycles. The first-order valence-corrected chi connectivity index (χ1v) is 7.82. The van der Waals surface area contributed by atoms with E-state index in [0.29, 0.717) is 0 Å². The molecule has 1 aromatic carbocycles.